The molecular weight excluding hydrogens is 134 g/mol. The highest BCUT2D eigenvalue weighted by molar-refractivity contribution is 5.20. The Morgan fingerprint density at radius 3 is 2.20 bits per heavy atom. The van der Waals surface area contributed by atoms with Crippen LogP contribution in [0.1, 0.15) is 0 Å². The van der Waals surface area contributed by atoms with Crippen molar-refractivity contribution in [2.45, 2.75) is 6.29 Å². The minimum absolute atomic E-state index is 0.0463. The van der Waals surface area contributed by atoms with E-state index in [0.29, 0.717) is 6.26 Å². The molecule has 0 aromatic heterocycles. The van der Waals surface area contributed by atoms with Gasteiger partial charge in [-0.3, -0.25) is 0 Å². The van der Waals surface area contributed by atoms with Crippen LogP contribution in [0.3, 0.4) is 0 Å². The average molecular weight is 143 g/mol. The molecule has 10 heavy (non-hydrogen) atoms. The normalized spacial score (nSPS) is 11.6. The van der Waals surface area contributed by atoms with E-state index in [1.807, 2.05) is 0 Å². The van der Waals surface area contributed by atoms with Gasteiger partial charge in [0.05, 0.1) is 6.26 Å². The lowest BCUT2D eigenvalue weighted by molar-refractivity contribution is -0.0729. The molecule has 0 aliphatic rings. The van der Waals surface area contributed by atoms with Crippen molar-refractivity contribution in [2.24, 2.45) is 0 Å². The first-order chi connectivity index (χ1) is 4.79. The summed E-state index contributed by atoms with van der Waals surface area (Å²) in [4.78, 5) is 0. The van der Waals surface area contributed by atoms with Crippen LogP contribution in [0.15, 0.2) is 11.8 Å². The van der Waals surface area contributed by atoms with Gasteiger partial charge >= 0.3 is 0 Å². The van der Waals surface area contributed by atoms with E-state index in [0.717, 1.165) is 0 Å². The molecule has 0 amide bonds. The van der Waals surface area contributed by atoms with Gasteiger partial charge in [-0.05, 0) is 0 Å². The van der Waals surface area contributed by atoms with Crippen LogP contribution in [-0.4, -0.2) is 25.6 Å². The second-order valence-corrected chi connectivity index (χ2v) is 1.50. The van der Waals surface area contributed by atoms with Crippen LogP contribution in [0.5, 0.6) is 0 Å². The van der Waals surface area contributed by atoms with Gasteiger partial charge < -0.3 is 14.6 Å². The molecule has 0 radical (unpaired) electrons. The summed E-state index contributed by atoms with van der Waals surface area (Å²) in [5, 5.41) is 16.7. The van der Waals surface area contributed by atoms with Crippen LogP contribution in [0.25, 0.3) is 0 Å². The van der Waals surface area contributed by atoms with E-state index < -0.39 is 6.29 Å². The van der Waals surface area contributed by atoms with Gasteiger partial charge in [0, 0.05) is 14.2 Å². The molecule has 0 saturated heterocycles. The van der Waals surface area contributed by atoms with Gasteiger partial charge in [-0.15, -0.1) is 0 Å². The molecule has 0 aromatic carbocycles. The Bertz CT molecular complexity index is 155. The summed E-state index contributed by atoms with van der Waals surface area (Å²) in [7, 11) is 2.77. The molecule has 0 rings (SSSR count). The number of nitrogens with zero attached hydrogens (tertiary/aromatic N) is 1. The topological polar surface area (TPSA) is 62.5 Å². The van der Waals surface area contributed by atoms with E-state index in [1.54, 1.807) is 6.07 Å². The summed E-state index contributed by atoms with van der Waals surface area (Å²) in [6.45, 7) is 0. The Hall–Kier alpha value is -1.05. The standard InChI is InChI=1S/C6H9NO3/c1-9-6(10-2)5(3-7)4-8/h4,6,8H,1-2H3/b5-4-. The third kappa shape index (κ3) is 2.05. The highest BCUT2D eigenvalue weighted by Crippen LogP contribution is 2.03. The van der Waals surface area contributed by atoms with Crippen molar-refractivity contribution in [1.29, 1.82) is 5.26 Å². The van der Waals surface area contributed by atoms with Crippen molar-refractivity contribution >= 4 is 0 Å². The maximum absolute atomic E-state index is 8.41. The van der Waals surface area contributed by atoms with E-state index in [1.165, 1.54) is 14.2 Å². The highest BCUT2D eigenvalue weighted by atomic mass is 16.7. The van der Waals surface area contributed by atoms with E-state index in [2.05, 4.69) is 9.47 Å². The van der Waals surface area contributed by atoms with Crippen molar-refractivity contribution in [3.8, 4) is 6.07 Å². The SMILES string of the molecule is COC(OC)/C(C#N)=C\O. The van der Waals surface area contributed by atoms with E-state index >= 15 is 0 Å². The molecule has 1 N–H and O–H groups in total. The lowest BCUT2D eigenvalue weighted by atomic mass is 10.3. The number of hydrogen-bond donors (Lipinski definition) is 1. The van der Waals surface area contributed by atoms with Gasteiger partial charge in [-0.25, -0.2) is 0 Å². The Labute approximate surface area is 59.3 Å². The van der Waals surface area contributed by atoms with Crippen LogP contribution in [0, 0.1) is 11.3 Å². The van der Waals surface area contributed by atoms with Crippen molar-refractivity contribution in [1.82, 2.24) is 0 Å². The number of hydrogen-bond acceptors (Lipinski definition) is 4. The Morgan fingerprint density at radius 2 is 2.10 bits per heavy atom. The maximum atomic E-state index is 8.41. The van der Waals surface area contributed by atoms with Crippen LogP contribution in [-0.2, 0) is 9.47 Å². The fraction of sp³-hybridized carbons (Fsp3) is 0.500. The predicted octanol–water partition coefficient (Wildman–Crippen LogP) is 0.571. The number of ether oxygens (including phenoxy) is 2. The molecular formula is C6H9NO3. The Morgan fingerprint density at radius 1 is 1.60 bits per heavy atom. The van der Waals surface area contributed by atoms with Crippen molar-refractivity contribution in [2.75, 3.05) is 14.2 Å². The summed E-state index contributed by atoms with van der Waals surface area (Å²) in [6, 6.07) is 1.71. The van der Waals surface area contributed by atoms with Crippen molar-refractivity contribution in [3.63, 3.8) is 0 Å². The van der Waals surface area contributed by atoms with Gasteiger partial charge in [0.2, 0.25) is 0 Å². The van der Waals surface area contributed by atoms with Crippen LogP contribution in [0.4, 0.5) is 0 Å². The van der Waals surface area contributed by atoms with Crippen LogP contribution >= 0.6 is 0 Å². The Kier molecular flexibility index (Phi) is 4.29. The molecule has 0 saturated carbocycles. The molecule has 0 unspecified atom stereocenters. The van der Waals surface area contributed by atoms with Crippen molar-refractivity contribution in [3.05, 3.63) is 11.8 Å². The monoisotopic (exact) mass is 143 g/mol. The molecule has 4 nitrogen and oxygen atoms in total. The van der Waals surface area contributed by atoms with E-state index in [4.69, 9.17) is 10.4 Å². The quantitative estimate of drug-likeness (QED) is 0.356. The van der Waals surface area contributed by atoms with E-state index in [9.17, 15) is 0 Å². The van der Waals surface area contributed by atoms with Crippen molar-refractivity contribution < 1.29 is 14.6 Å². The smallest absolute Gasteiger partial charge is 0.196 e. The zero-order valence-electron chi connectivity index (χ0n) is 5.87. The number of aliphatic hydroxyl groups excluding tert-OH is 1. The third-order valence-electron chi connectivity index (χ3n) is 0.950. The molecule has 0 atom stereocenters. The van der Waals surface area contributed by atoms with Crippen LogP contribution < -0.4 is 0 Å². The average Bonchev–Trinajstić information content (AvgIpc) is 2.00. The fourth-order valence-electron chi connectivity index (χ4n) is 0.493. The van der Waals surface area contributed by atoms with Gasteiger partial charge in [0.15, 0.2) is 6.29 Å². The number of methoxy groups -OCH3 is 2. The Balaban J connectivity index is 4.14. The second-order valence-electron chi connectivity index (χ2n) is 1.50. The summed E-state index contributed by atoms with van der Waals surface area (Å²) < 4.78 is 9.34. The van der Waals surface area contributed by atoms with Gasteiger partial charge in [-0.1, -0.05) is 0 Å². The maximum Gasteiger partial charge on any atom is 0.196 e. The third-order valence-corrected chi connectivity index (χ3v) is 0.950. The van der Waals surface area contributed by atoms with Crippen LogP contribution in [0.2, 0.25) is 0 Å². The zero-order valence-corrected chi connectivity index (χ0v) is 5.87. The lowest BCUT2D eigenvalue weighted by Crippen LogP contribution is -2.14. The molecule has 0 heterocycles. The van der Waals surface area contributed by atoms with E-state index in [-0.39, 0.29) is 5.57 Å². The molecule has 0 aliphatic heterocycles. The summed E-state index contributed by atoms with van der Waals surface area (Å²) in [5.74, 6) is 0. The largest absolute Gasteiger partial charge is 0.514 e. The summed E-state index contributed by atoms with van der Waals surface area (Å²) in [6.07, 6.45) is -0.104. The molecule has 0 spiro atoms. The second kappa shape index (κ2) is 4.79. The molecule has 0 aromatic rings. The molecule has 56 valence electrons. The highest BCUT2D eigenvalue weighted by Gasteiger charge is 2.10. The molecule has 4 heteroatoms. The first-order valence-corrected chi connectivity index (χ1v) is 2.60. The fourth-order valence-corrected chi connectivity index (χ4v) is 0.493. The van der Waals surface area contributed by atoms with Gasteiger partial charge in [-0.2, -0.15) is 5.26 Å². The first-order valence-electron chi connectivity index (χ1n) is 2.60. The lowest BCUT2D eigenvalue weighted by Gasteiger charge is -2.09. The predicted molar refractivity (Wildman–Crippen MR) is 34.1 cm³/mol. The molecule has 0 fully saturated rings. The zero-order chi connectivity index (χ0) is 7.98. The van der Waals surface area contributed by atoms with Gasteiger partial charge in [0.25, 0.3) is 0 Å². The molecule has 0 bridgehead atoms. The minimum Gasteiger partial charge on any atom is -0.514 e. The first kappa shape index (κ1) is 8.95. The number of nitriles is 1. The molecule has 0 aliphatic carbocycles. The number of aliphatic hydroxyl groups is 1. The summed E-state index contributed by atoms with van der Waals surface area (Å²) >= 11 is 0. The number of rotatable bonds is 3. The summed E-state index contributed by atoms with van der Waals surface area (Å²) in [5.41, 5.74) is 0.0463. The van der Waals surface area contributed by atoms with Gasteiger partial charge in [0.1, 0.15) is 11.6 Å². The minimum atomic E-state index is -0.769.